The van der Waals surface area contributed by atoms with Crippen LogP contribution in [0, 0.1) is 6.92 Å². The summed E-state index contributed by atoms with van der Waals surface area (Å²) < 4.78 is 27.1. The van der Waals surface area contributed by atoms with Crippen LogP contribution >= 0.6 is 0 Å². The number of anilines is 1. The highest BCUT2D eigenvalue weighted by molar-refractivity contribution is 7.92. The highest BCUT2D eigenvalue weighted by Crippen LogP contribution is 2.21. The molecule has 0 fully saturated rings. The number of para-hydroxylation sites is 1. The fraction of sp³-hybridized carbons (Fsp3) is 0.375. The van der Waals surface area contributed by atoms with Gasteiger partial charge in [0.05, 0.1) is 18.3 Å². The minimum Gasteiger partial charge on any atom is -0.354 e. The number of nitrogens with one attached hydrogen (secondary N) is 1. The quantitative estimate of drug-likeness (QED) is 0.724. The van der Waals surface area contributed by atoms with Crippen molar-refractivity contribution in [3.63, 3.8) is 0 Å². The number of carbonyl (C=O) groups is 1. The van der Waals surface area contributed by atoms with E-state index in [2.05, 4.69) is 10.3 Å². The SMILES string of the molecule is Cc1ccccc1N(CC(=O)NCCCn1ccnc1)S(C)(=O)=O. The summed E-state index contributed by atoms with van der Waals surface area (Å²) in [5, 5.41) is 2.76. The second kappa shape index (κ2) is 7.96. The third-order valence-corrected chi connectivity index (χ3v) is 4.67. The Morgan fingerprint density at radius 1 is 1.33 bits per heavy atom. The lowest BCUT2D eigenvalue weighted by Gasteiger charge is -2.23. The van der Waals surface area contributed by atoms with Crippen LogP contribution in [-0.4, -0.2) is 43.2 Å². The van der Waals surface area contributed by atoms with Gasteiger partial charge >= 0.3 is 0 Å². The van der Waals surface area contributed by atoms with Crippen molar-refractivity contribution in [3.8, 4) is 0 Å². The molecule has 130 valence electrons. The Balaban J connectivity index is 1.92. The number of rotatable bonds is 8. The Kier molecular flexibility index (Phi) is 5.97. The van der Waals surface area contributed by atoms with Crippen LogP contribution in [0.1, 0.15) is 12.0 Å². The van der Waals surface area contributed by atoms with E-state index in [1.165, 1.54) is 0 Å². The minimum absolute atomic E-state index is 0.227. The minimum atomic E-state index is -3.54. The average molecular weight is 350 g/mol. The molecule has 1 aromatic carbocycles. The molecule has 1 aromatic heterocycles. The number of hydrogen-bond donors (Lipinski definition) is 1. The maximum atomic E-state index is 12.1. The summed E-state index contributed by atoms with van der Waals surface area (Å²) in [7, 11) is -3.54. The molecule has 0 spiro atoms. The summed E-state index contributed by atoms with van der Waals surface area (Å²) in [6, 6.07) is 7.10. The highest BCUT2D eigenvalue weighted by atomic mass is 32.2. The fourth-order valence-electron chi connectivity index (χ4n) is 2.32. The number of aryl methyl sites for hydroxylation is 2. The van der Waals surface area contributed by atoms with E-state index in [9.17, 15) is 13.2 Å². The van der Waals surface area contributed by atoms with Gasteiger partial charge in [0, 0.05) is 25.5 Å². The van der Waals surface area contributed by atoms with E-state index in [4.69, 9.17) is 0 Å². The number of imidazole rings is 1. The average Bonchev–Trinajstić information content (AvgIpc) is 3.02. The lowest BCUT2D eigenvalue weighted by atomic mass is 10.2. The smallest absolute Gasteiger partial charge is 0.240 e. The Hall–Kier alpha value is -2.35. The number of aromatic nitrogens is 2. The monoisotopic (exact) mass is 350 g/mol. The summed E-state index contributed by atoms with van der Waals surface area (Å²) >= 11 is 0. The normalized spacial score (nSPS) is 11.2. The molecule has 0 bridgehead atoms. The number of amides is 1. The van der Waals surface area contributed by atoms with Crippen molar-refractivity contribution in [2.45, 2.75) is 19.9 Å². The molecule has 2 aromatic rings. The first kappa shape index (κ1) is 18.0. The van der Waals surface area contributed by atoms with Crippen molar-refractivity contribution in [2.24, 2.45) is 0 Å². The van der Waals surface area contributed by atoms with Crippen molar-refractivity contribution < 1.29 is 13.2 Å². The van der Waals surface area contributed by atoms with Crippen LogP contribution in [0.4, 0.5) is 5.69 Å². The maximum Gasteiger partial charge on any atom is 0.240 e. The molecule has 0 aliphatic heterocycles. The third kappa shape index (κ3) is 5.09. The number of sulfonamides is 1. The number of benzene rings is 1. The van der Waals surface area contributed by atoms with Crippen molar-refractivity contribution in [2.75, 3.05) is 23.7 Å². The molecule has 0 aliphatic carbocycles. The van der Waals surface area contributed by atoms with Gasteiger partial charge in [0.1, 0.15) is 6.54 Å². The van der Waals surface area contributed by atoms with Gasteiger partial charge < -0.3 is 9.88 Å². The van der Waals surface area contributed by atoms with Gasteiger partial charge in [-0.3, -0.25) is 9.10 Å². The van der Waals surface area contributed by atoms with Gasteiger partial charge in [-0.2, -0.15) is 0 Å². The standard InChI is InChI=1S/C16H22N4O3S/c1-14-6-3-4-7-15(14)20(24(2,22)23)12-16(21)18-8-5-10-19-11-9-17-13-19/h3-4,6-7,9,11,13H,5,8,10,12H2,1-2H3,(H,18,21). The van der Waals surface area contributed by atoms with Crippen LogP contribution in [0.3, 0.4) is 0 Å². The highest BCUT2D eigenvalue weighted by Gasteiger charge is 2.21. The maximum absolute atomic E-state index is 12.1. The molecule has 0 saturated carbocycles. The van der Waals surface area contributed by atoms with Crippen molar-refractivity contribution in [3.05, 3.63) is 48.5 Å². The molecule has 24 heavy (non-hydrogen) atoms. The Bertz CT molecular complexity index is 772. The molecular weight excluding hydrogens is 328 g/mol. The lowest BCUT2D eigenvalue weighted by Crippen LogP contribution is -2.41. The van der Waals surface area contributed by atoms with E-state index in [0.717, 1.165) is 29.1 Å². The summed E-state index contributed by atoms with van der Waals surface area (Å²) in [6.07, 6.45) is 7.11. The number of hydrogen-bond acceptors (Lipinski definition) is 4. The van der Waals surface area contributed by atoms with E-state index in [0.29, 0.717) is 12.2 Å². The Morgan fingerprint density at radius 3 is 2.71 bits per heavy atom. The van der Waals surface area contributed by atoms with E-state index in [-0.39, 0.29) is 12.5 Å². The topological polar surface area (TPSA) is 84.3 Å². The van der Waals surface area contributed by atoms with Gasteiger partial charge in [0.2, 0.25) is 15.9 Å². The van der Waals surface area contributed by atoms with Crippen LogP contribution in [0.25, 0.3) is 0 Å². The van der Waals surface area contributed by atoms with Crippen LogP contribution in [-0.2, 0) is 21.4 Å². The summed E-state index contributed by atoms with van der Waals surface area (Å²) in [4.78, 5) is 16.1. The molecule has 7 nitrogen and oxygen atoms in total. The molecule has 0 saturated heterocycles. The fourth-order valence-corrected chi connectivity index (χ4v) is 3.23. The van der Waals surface area contributed by atoms with Gasteiger partial charge in [-0.1, -0.05) is 18.2 Å². The Morgan fingerprint density at radius 2 is 2.08 bits per heavy atom. The second-order valence-corrected chi connectivity index (χ2v) is 7.47. The predicted molar refractivity (Wildman–Crippen MR) is 93.2 cm³/mol. The summed E-state index contributed by atoms with van der Waals surface area (Å²) in [5.74, 6) is -0.325. The molecule has 2 rings (SSSR count). The van der Waals surface area contributed by atoms with Gasteiger partial charge in [0.15, 0.2) is 0 Å². The molecule has 1 amide bonds. The van der Waals surface area contributed by atoms with Crippen LogP contribution < -0.4 is 9.62 Å². The molecule has 0 atom stereocenters. The van der Waals surface area contributed by atoms with E-state index >= 15 is 0 Å². The zero-order chi connectivity index (χ0) is 17.6. The van der Waals surface area contributed by atoms with E-state index < -0.39 is 10.0 Å². The molecule has 1 N–H and O–H groups in total. The number of nitrogens with zero attached hydrogens (tertiary/aromatic N) is 3. The predicted octanol–water partition coefficient (Wildman–Crippen LogP) is 1.16. The molecule has 8 heteroatoms. The largest absolute Gasteiger partial charge is 0.354 e. The van der Waals surface area contributed by atoms with Crippen molar-refractivity contribution in [1.82, 2.24) is 14.9 Å². The zero-order valence-corrected chi connectivity index (χ0v) is 14.7. The van der Waals surface area contributed by atoms with E-state index in [1.807, 2.05) is 29.8 Å². The van der Waals surface area contributed by atoms with Gasteiger partial charge in [0.25, 0.3) is 0 Å². The first-order chi connectivity index (χ1) is 11.4. The van der Waals surface area contributed by atoms with Crippen molar-refractivity contribution in [1.29, 1.82) is 0 Å². The van der Waals surface area contributed by atoms with Crippen LogP contribution in [0.5, 0.6) is 0 Å². The zero-order valence-electron chi connectivity index (χ0n) is 13.8. The number of carbonyl (C=O) groups excluding carboxylic acids is 1. The lowest BCUT2D eigenvalue weighted by molar-refractivity contribution is -0.119. The molecule has 0 unspecified atom stereocenters. The summed E-state index contributed by atoms with van der Waals surface area (Å²) in [5.41, 5.74) is 1.32. The van der Waals surface area contributed by atoms with Gasteiger partial charge in [-0.05, 0) is 25.0 Å². The molecule has 0 aliphatic rings. The van der Waals surface area contributed by atoms with Crippen molar-refractivity contribution >= 4 is 21.6 Å². The van der Waals surface area contributed by atoms with Crippen LogP contribution in [0.2, 0.25) is 0 Å². The molecule has 0 radical (unpaired) electrons. The second-order valence-electron chi connectivity index (χ2n) is 5.56. The molecule has 1 heterocycles. The van der Waals surface area contributed by atoms with Gasteiger partial charge in [-0.25, -0.2) is 13.4 Å². The molecular formula is C16H22N4O3S. The first-order valence-corrected chi connectivity index (χ1v) is 9.48. The van der Waals surface area contributed by atoms with E-state index in [1.54, 1.807) is 24.7 Å². The summed E-state index contributed by atoms with van der Waals surface area (Å²) in [6.45, 7) is 2.81. The third-order valence-electron chi connectivity index (χ3n) is 3.55. The van der Waals surface area contributed by atoms with Gasteiger partial charge in [-0.15, -0.1) is 0 Å². The Labute approximate surface area is 142 Å². The first-order valence-electron chi connectivity index (χ1n) is 7.63. The van der Waals surface area contributed by atoms with Crippen LogP contribution in [0.15, 0.2) is 43.0 Å².